The first kappa shape index (κ1) is 20.9. The van der Waals surface area contributed by atoms with Crippen molar-refractivity contribution >= 4 is 29.3 Å². The van der Waals surface area contributed by atoms with Gasteiger partial charge in [0.25, 0.3) is 0 Å². The van der Waals surface area contributed by atoms with Gasteiger partial charge in [0.15, 0.2) is 0 Å². The van der Waals surface area contributed by atoms with Gasteiger partial charge in [0, 0.05) is 47.5 Å². The predicted molar refractivity (Wildman–Crippen MR) is 121 cm³/mol. The number of imidazole rings is 1. The lowest BCUT2D eigenvalue weighted by molar-refractivity contribution is -0.136. The Morgan fingerprint density at radius 2 is 2.13 bits per heavy atom. The van der Waals surface area contributed by atoms with E-state index in [1.807, 2.05) is 50.3 Å². The highest BCUT2D eigenvalue weighted by Crippen LogP contribution is 2.31. The van der Waals surface area contributed by atoms with E-state index in [4.69, 9.17) is 0 Å². The van der Waals surface area contributed by atoms with E-state index in [-0.39, 0.29) is 5.54 Å². The van der Waals surface area contributed by atoms with Crippen molar-refractivity contribution in [3.05, 3.63) is 36.2 Å². The van der Waals surface area contributed by atoms with E-state index in [0.717, 1.165) is 48.7 Å². The Morgan fingerprint density at radius 1 is 1.27 bits per heavy atom. The molecule has 2 aliphatic heterocycles. The molecule has 2 aromatic rings. The van der Waals surface area contributed by atoms with Crippen molar-refractivity contribution in [2.75, 3.05) is 37.5 Å². The predicted octanol–water partition coefficient (Wildman–Crippen LogP) is 2.38. The van der Waals surface area contributed by atoms with Crippen LogP contribution in [0.4, 0.5) is 5.69 Å². The van der Waals surface area contributed by atoms with Gasteiger partial charge < -0.3 is 20.1 Å². The number of rotatable bonds is 5. The first-order chi connectivity index (χ1) is 14.5. The van der Waals surface area contributed by atoms with Crippen LogP contribution in [0.5, 0.6) is 0 Å². The number of nitrogens with zero attached hydrogens (tertiary/aromatic N) is 3. The standard InChI is InChI=1S/C22H29N5O2S/c1-26(2)22(9-11-30-15-22)14-24-20(28)21(29)25-17-7-5-6-16(12-17)19-23-13-18-8-3-4-10-27(18)19/h5-7,12-13H,3-4,8-11,14-15H2,1-2H3,(H,24,28)(H,25,29). The number of aryl methyl sites for hydroxylation is 1. The quantitative estimate of drug-likeness (QED) is 0.717. The van der Waals surface area contributed by atoms with Crippen molar-refractivity contribution in [3.8, 4) is 11.4 Å². The first-order valence-electron chi connectivity index (χ1n) is 10.5. The highest BCUT2D eigenvalue weighted by molar-refractivity contribution is 7.99. The van der Waals surface area contributed by atoms with Crippen LogP contribution < -0.4 is 10.6 Å². The van der Waals surface area contributed by atoms with E-state index in [0.29, 0.717) is 12.2 Å². The maximum absolute atomic E-state index is 12.5. The lowest BCUT2D eigenvalue weighted by atomic mass is 9.97. The molecule has 1 aromatic heterocycles. The number of hydrogen-bond acceptors (Lipinski definition) is 5. The highest BCUT2D eigenvalue weighted by Gasteiger charge is 2.37. The minimum atomic E-state index is -0.642. The summed E-state index contributed by atoms with van der Waals surface area (Å²) in [6.45, 7) is 1.44. The molecule has 2 N–H and O–H groups in total. The minimum absolute atomic E-state index is 0.0830. The monoisotopic (exact) mass is 427 g/mol. The number of anilines is 1. The van der Waals surface area contributed by atoms with Crippen LogP contribution in [0.25, 0.3) is 11.4 Å². The lowest BCUT2D eigenvalue weighted by Crippen LogP contribution is -2.54. The zero-order chi connectivity index (χ0) is 21.1. The Morgan fingerprint density at radius 3 is 2.90 bits per heavy atom. The van der Waals surface area contributed by atoms with Crippen molar-refractivity contribution in [1.82, 2.24) is 19.8 Å². The summed E-state index contributed by atoms with van der Waals surface area (Å²) >= 11 is 1.88. The Bertz CT molecular complexity index is 933. The number of carbonyl (C=O) groups excluding carboxylic acids is 2. The fourth-order valence-corrected chi connectivity index (χ4v) is 5.72. The van der Waals surface area contributed by atoms with Gasteiger partial charge in [0.1, 0.15) is 5.82 Å². The average molecular weight is 428 g/mol. The van der Waals surface area contributed by atoms with Gasteiger partial charge in [-0.1, -0.05) is 12.1 Å². The number of aromatic nitrogens is 2. The summed E-state index contributed by atoms with van der Waals surface area (Å²) in [6.07, 6.45) is 6.35. The summed E-state index contributed by atoms with van der Waals surface area (Å²) in [5.41, 5.74) is 2.71. The second kappa shape index (κ2) is 8.81. The van der Waals surface area contributed by atoms with E-state index >= 15 is 0 Å². The smallest absolute Gasteiger partial charge is 0.313 e. The van der Waals surface area contributed by atoms with Crippen LogP contribution in [0.15, 0.2) is 30.5 Å². The van der Waals surface area contributed by atoms with E-state index < -0.39 is 11.8 Å². The summed E-state index contributed by atoms with van der Waals surface area (Å²) in [7, 11) is 4.05. The molecule has 1 unspecified atom stereocenters. The van der Waals surface area contributed by atoms with Gasteiger partial charge in [0.05, 0.1) is 0 Å². The minimum Gasteiger partial charge on any atom is -0.346 e. The van der Waals surface area contributed by atoms with Crippen LogP contribution in [0.3, 0.4) is 0 Å². The van der Waals surface area contributed by atoms with Gasteiger partial charge in [-0.15, -0.1) is 0 Å². The average Bonchev–Trinajstić information content (AvgIpc) is 3.40. The molecule has 1 atom stereocenters. The number of fused-ring (bicyclic) bond motifs is 1. The largest absolute Gasteiger partial charge is 0.346 e. The molecule has 1 saturated heterocycles. The fraction of sp³-hybridized carbons (Fsp3) is 0.500. The van der Waals surface area contributed by atoms with Gasteiger partial charge >= 0.3 is 11.8 Å². The van der Waals surface area contributed by atoms with E-state index in [9.17, 15) is 9.59 Å². The van der Waals surface area contributed by atoms with Crippen LogP contribution >= 0.6 is 11.8 Å². The van der Waals surface area contributed by atoms with Gasteiger partial charge in [-0.05, 0) is 57.7 Å². The molecule has 7 nitrogen and oxygen atoms in total. The van der Waals surface area contributed by atoms with Crippen LogP contribution in [0.2, 0.25) is 0 Å². The second-order valence-electron chi connectivity index (χ2n) is 8.32. The topological polar surface area (TPSA) is 79.3 Å². The number of amides is 2. The van der Waals surface area contributed by atoms with Gasteiger partial charge in [-0.2, -0.15) is 11.8 Å². The molecule has 0 bridgehead atoms. The third kappa shape index (κ3) is 4.25. The van der Waals surface area contributed by atoms with Crippen LogP contribution in [-0.4, -0.2) is 64.0 Å². The van der Waals surface area contributed by atoms with E-state index in [2.05, 4.69) is 25.1 Å². The molecule has 3 heterocycles. The molecular formula is C22H29N5O2S. The summed E-state index contributed by atoms with van der Waals surface area (Å²) in [4.78, 5) is 31.6. The molecule has 0 radical (unpaired) electrons. The molecule has 8 heteroatoms. The SMILES string of the molecule is CN(C)C1(CNC(=O)C(=O)Nc2cccc(-c3ncc4n3CCCC4)c2)CCSC1. The summed E-state index contributed by atoms with van der Waals surface area (Å²) < 4.78 is 2.25. The fourth-order valence-electron chi connectivity index (χ4n) is 4.16. The highest BCUT2D eigenvalue weighted by atomic mass is 32.2. The zero-order valence-electron chi connectivity index (χ0n) is 17.6. The van der Waals surface area contributed by atoms with Gasteiger partial charge in [-0.3, -0.25) is 9.59 Å². The number of hydrogen-bond donors (Lipinski definition) is 2. The molecule has 1 aromatic carbocycles. The summed E-state index contributed by atoms with van der Waals surface area (Å²) in [6, 6.07) is 7.54. The zero-order valence-corrected chi connectivity index (χ0v) is 18.4. The Labute approximate surface area is 181 Å². The molecule has 1 fully saturated rings. The number of likely N-dealkylation sites (N-methyl/N-ethyl adjacent to an activating group) is 1. The van der Waals surface area contributed by atoms with E-state index in [1.165, 1.54) is 12.1 Å². The Hall–Kier alpha value is -2.32. The Kier molecular flexibility index (Phi) is 6.15. The Balaban J connectivity index is 1.41. The van der Waals surface area contributed by atoms with Gasteiger partial charge in [-0.25, -0.2) is 4.98 Å². The summed E-state index contributed by atoms with van der Waals surface area (Å²) in [5, 5.41) is 5.56. The first-order valence-corrected chi connectivity index (χ1v) is 11.6. The van der Waals surface area contributed by atoms with Crippen molar-refractivity contribution in [2.45, 2.75) is 37.8 Å². The van der Waals surface area contributed by atoms with Crippen LogP contribution in [-0.2, 0) is 22.6 Å². The van der Waals surface area contributed by atoms with Crippen LogP contribution in [0.1, 0.15) is 25.0 Å². The lowest BCUT2D eigenvalue weighted by Gasteiger charge is -2.35. The van der Waals surface area contributed by atoms with Crippen LogP contribution in [0, 0.1) is 0 Å². The molecule has 0 aliphatic carbocycles. The van der Waals surface area contributed by atoms with Crippen molar-refractivity contribution in [1.29, 1.82) is 0 Å². The number of benzene rings is 1. The molecule has 30 heavy (non-hydrogen) atoms. The van der Waals surface area contributed by atoms with Crippen molar-refractivity contribution in [2.24, 2.45) is 0 Å². The third-order valence-corrected chi connectivity index (χ3v) is 7.43. The molecule has 4 rings (SSSR count). The molecule has 0 saturated carbocycles. The maximum atomic E-state index is 12.5. The third-order valence-electron chi connectivity index (χ3n) is 6.20. The second-order valence-corrected chi connectivity index (χ2v) is 9.43. The van der Waals surface area contributed by atoms with Crippen molar-refractivity contribution < 1.29 is 9.59 Å². The normalized spacial score (nSPS) is 20.8. The molecule has 0 spiro atoms. The number of nitrogens with one attached hydrogen (secondary N) is 2. The number of carbonyl (C=O) groups is 2. The molecule has 2 amide bonds. The van der Waals surface area contributed by atoms with Crippen molar-refractivity contribution in [3.63, 3.8) is 0 Å². The molecule has 160 valence electrons. The summed E-state index contributed by atoms with van der Waals surface area (Å²) in [5.74, 6) is 1.70. The molecular weight excluding hydrogens is 398 g/mol. The van der Waals surface area contributed by atoms with Gasteiger partial charge in [0.2, 0.25) is 0 Å². The maximum Gasteiger partial charge on any atom is 0.313 e. The van der Waals surface area contributed by atoms with E-state index in [1.54, 1.807) is 6.07 Å². The molecule has 2 aliphatic rings. The number of thioether (sulfide) groups is 1.